The Kier molecular flexibility index (Phi) is 3.55. The Labute approximate surface area is 131 Å². The van der Waals surface area contributed by atoms with E-state index < -0.39 is 0 Å². The molecule has 0 N–H and O–H groups in total. The van der Waals surface area contributed by atoms with Crippen LogP contribution in [0.3, 0.4) is 0 Å². The second-order valence-corrected chi connectivity index (χ2v) is 5.63. The van der Waals surface area contributed by atoms with Crippen LogP contribution in [0, 0.1) is 6.92 Å². The van der Waals surface area contributed by atoms with E-state index in [1.807, 2.05) is 25.1 Å². The van der Waals surface area contributed by atoms with Crippen molar-refractivity contribution in [3.8, 4) is 11.4 Å². The van der Waals surface area contributed by atoms with Crippen LogP contribution >= 0.6 is 34.8 Å². The fourth-order valence-electron chi connectivity index (χ4n) is 2.02. The number of aryl methyl sites for hydroxylation is 1. The minimum absolute atomic E-state index is 0.355. The third-order valence-corrected chi connectivity index (χ3v) is 3.90. The quantitative estimate of drug-likeness (QED) is 0.547. The molecule has 100 valence electrons. The molecule has 0 aliphatic carbocycles. The monoisotopic (exact) mass is 322 g/mol. The van der Waals surface area contributed by atoms with E-state index in [0.717, 1.165) is 16.6 Å². The Balaban J connectivity index is 2.29. The van der Waals surface area contributed by atoms with Gasteiger partial charge in [0.15, 0.2) is 5.82 Å². The summed E-state index contributed by atoms with van der Waals surface area (Å²) in [6.45, 7) is 1.97. The molecule has 0 saturated carbocycles. The predicted octanol–water partition coefficient (Wildman–Crippen LogP) is 5.57. The van der Waals surface area contributed by atoms with Crippen molar-refractivity contribution in [2.24, 2.45) is 0 Å². The zero-order chi connectivity index (χ0) is 14.3. The van der Waals surface area contributed by atoms with Crippen LogP contribution in [0.1, 0.15) is 5.56 Å². The Morgan fingerprint density at radius 1 is 0.850 bits per heavy atom. The average Bonchev–Trinajstić information content (AvgIpc) is 2.43. The Morgan fingerprint density at radius 3 is 2.25 bits per heavy atom. The van der Waals surface area contributed by atoms with Gasteiger partial charge < -0.3 is 0 Å². The Hall–Kier alpha value is -1.35. The van der Waals surface area contributed by atoms with Gasteiger partial charge in [-0.1, -0.05) is 40.9 Å². The third-order valence-electron chi connectivity index (χ3n) is 3.06. The summed E-state index contributed by atoms with van der Waals surface area (Å²) in [5.41, 5.74) is 2.63. The van der Waals surface area contributed by atoms with E-state index in [1.54, 1.807) is 18.2 Å². The first-order chi connectivity index (χ1) is 9.56. The standard InChI is InChI=1S/C15H9Cl3N2/c1-8-2-7-11(17)12-13(8)19-15(20-14(12)18)9-3-5-10(16)6-4-9/h2-7H,1H3. The molecule has 0 spiro atoms. The van der Waals surface area contributed by atoms with Crippen LogP contribution in [-0.4, -0.2) is 9.97 Å². The van der Waals surface area contributed by atoms with Crippen LogP contribution in [0.15, 0.2) is 36.4 Å². The minimum atomic E-state index is 0.355. The first-order valence-electron chi connectivity index (χ1n) is 5.94. The second-order valence-electron chi connectivity index (χ2n) is 4.43. The number of rotatable bonds is 1. The first-order valence-corrected chi connectivity index (χ1v) is 7.08. The Morgan fingerprint density at radius 2 is 1.55 bits per heavy atom. The molecule has 3 rings (SSSR count). The average molecular weight is 324 g/mol. The lowest BCUT2D eigenvalue weighted by Crippen LogP contribution is -1.94. The highest BCUT2D eigenvalue weighted by atomic mass is 35.5. The van der Waals surface area contributed by atoms with Gasteiger partial charge in [-0.3, -0.25) is 0 Å². The highest BCUT2D eigenvalue weighted by molar-refractivity contribution is 6.41. The van der Waals surface area contributed by atoms with Gasteiger partial charge in [0.1, 0.15) is 5.15 Å². The van der Waals surface area contributed by atoms with Crippen molar-refractivity contribution in [1.82, 2.24) is 9.97 Å². The summed E-state index contributed by atoms with van der Waals surface area (Å²) in [4.78, 5) is 8.90. The van der Waals surface area contributed by atoms with Crippen LogP contribution in [-0.2, 0) is 0 Å². The topological polar surface area (TPSA) is 25.8 Å². The van der Waals surface area contributed by atoms with Crippen molar-refractivity contribution >= 4 is 45.7 Å². The summed E-state index contributed by atoms with van der Waals surface area (Å²) in [5, 5.41) is 2.26. The van der Waals surface area contributed by atoms with Crippen molar-refractivity contribution in [2.45, 2.75) is 6.92 Å². The van der Waals surface area contributed by atoms with E-state index in [0.29, 0.717) is 26.4 Å². The molecule has 0 bridgehead atoms. The summed E-state index contributed by atoms with van der Waals surface area (Å²) in [6, 6.07) is 11.0. The Bertz CT molecular complexity index is 798. The summed E-state index contributed by atoms with van der Waals surface area (Å²) < 4.78 is 0. The van der Waals surface area contributed by atoms with Crippen LogP contribution in [0.5, 0.6) is 0 Å². The number of aromatic nitrogens is 2. The molecule has 2 aromatic carbocycles. The normalized spacial score (nSPS) is 11.0. The number of benzene rings is 2. The van der Waals surface area contributed by atoms with Gasteiger partial charge in [-0.15, -0.1) is 0 Å². The van der Waals surface area contributed by atoms with Gasteiger partial charge in [0.05, 0.1) is 15.9 Å². The first kappa shape index (κ1) is 13.6. The van der Waals surface area contributed by atoms with Gasteiger partial charge in [0, 0.05) is 10.6 Å². The van der Waals surface area contributed by atoms with Crippen molar-refractivity contribution in [3.05, 3.63) is 57.2 Å². The molecule has 0 aliphatic heterocycles. The summed E-state index contributed by atoms with van der Waals surface area (Å²) in [5.74, 6) is 0.560. The molecule has 0 radical (unpaired) electrons. The molecule has 0 saturated heterocycles. The zero-order valence-electron chi connectivity index (χ0n) is 10.5. The molecule has 20 heavy (non-hydrogen) atoms. The summed E-state index contributed by atoms with van der Waals surface area (Å²) in [7, 11) is 0. The number of nitrogens with zero attached hydrogens (tertiary/aromatic N) is 2. The molecular weight excluding hydrogens is 315 g/mol. The van der Waals surface area contributed by atoms with Crippen molar-refractivity contribution in [3.63, 3.8) is 0 Å². The van der Waals surface area contributed by atoms with Gasteiger partial charge in [-0.25, -0.2) is 9.97 Å². The molecule has 0 aliphatic rings. The fraction of sp³-hybridized carbons (Fsp3) is 0.0667. The van der Waals surface area contributed by atoms with E-state index in [1.165, 1.54) is 0 Å². The number of halogens is 3. The summed E-state index contributed by atoms with van der Waals surface area (Å²) >= 11 is 18.3. The molecule has 0 amide bonds. The van der Waals surface area contributed by atoms with Crippen molar-refractivity contribution in [1.29, 1.82) is 0 Å². The second kappa shape index (κ2) is 5.21. The minimum Gasteiger partial charge on any atom is -0.228 e. The maximum Gasteiger partial charge on any atom is 0.161 e. The van der Waals surface area contributed by atoms with E-state index in [4.69, 9.17) is 34.8 Å². The van der Waals surface area contributed by atoms with E-state index >= 15 is 0 Å². The maximum absolute atomic E-state index is 6.26. The van der Waals surface area contributed by atoms with Gasteiger partial charge in [-0.2, -0.15) is 0 Å². The van der Waals surface area contributed by atoms with E-state index in [9.17, 15) is 0 Å². The SMILES string of the molecule is Cc1ccc(Cl)c2c(Cl)nc(-c3ccc(Cl)cc3)nc12. The van der Waals surface area contributed by atoms with Gasteiger partial charge in [0.25, 0.3) is 0 Å². The fourth-order valence-corrected chi connectivity index (χ4v) is 2.71. The molecule has 1 heterocycles. The van der Waals surface area contributed by atoms with Crippen LogP contribution in [0.25, 0.3) is 22.3 Å². The van der Waals surface area contributed by atoms with Crippen LogP contribution in [0.2, 0.25) is 15.2 Å². The van der Waals surface area contributed by atoms with Gasteiger partial charge >= 0.3 is 0 Å². The zero-order valence-corrected chi connectivity index (χ0v) is 12.8. The molecule has 0 fully saturated rings. The molecular formula is C15H9Cl3N2. The molecule has 3 aromatic rings. The highest BCUT2D eigenvalue weighted by Crippen LogP contribution is 2.32. The molecule has 2 nitrogen and oxygen atoms in total. The molecule has 1 aromatic heterocycles. The maximum atomic E-state index is 6.26. The lowest BCUT2D eigenvalue weighted by molar-refractivity contribution is 1.22. The smallest absolute Gasteiger partial charge is 0.161 e. The van der Waals surface area contributed by atoms with Crippen molar-refractivity contribution < 1.29 is 0 Å². The number of hydrogen-bond acceptors (Lipinski definition) is 2. The number of fused-ring (bicyclic) bond motifs is 1. The highest BCUT2D eigenvalue weighted by Gasteiger charge is 2.12. The lowest BCUT2D eigenvalue weighted by Gasteiger charge is -2.08. The van der Waals surface area contributed by atoms with Gasteiger partial charge in [-0.05, 0) is 42.8 Å². The van der Waals surface area contributed by atoms with E-state index in [2.05, 4.69) is 9.97 Å². The van der Waals surface area contributed by atoms with Crippen LogP contribution < -0.4 is 0 Å². The predicted molar refractivity (Wildman–Crippen MR) is 84.7 cm³/mol. The molecule has 5 heteroatoms. The molecule has 0 unspecified atom stereocenters. The van der Waals surface area contributed by atoms with Crippen LogP contribution in [0.4, 0.5) is 0 Å². The third kappa shape index (κ3) is 2.35. The largest absolute Gasteiger partial charge is 0.228 e. The molecule has 0 atom stereocenters. The number of hydrogen-bond donors (Lipinski definition) is 0. The summed E-state index contributed by atoms with van der Waals surface area (Å²) in [6.07, 6.45) is 0. The van der Waals surface area contributed by atoms with E-state index in [-0.39, 0.29) is 0 Å². The lowest BCUT2D eigenvalue weighted by atomic mass is 10.1. The van der Waals surface area contributed by atoms with Gasteiger partial charge in [0.2, 0.25) is 0 Å². The van der Waals surface area contributed by atoms with Crippen molar-refractivity contribution in [2.75, 3.05) is 0 Å².